The van der Waals surface area contributed by atoms with Crippen LogP contribution in [0.1, 0.15) is 12.0 Å². The molecular formula is C15H17ClN2O. The number of halogens is 1. The van der Waals surface area contributed by atoms with E-state index in [0.717, 1.165) is 24.3 Å². The molecule has 0 amide bonds. The fourth-order valence-electron chi connectivity index (χ4n) is 1.82. The number of hydrogen-bond donors (Lipinski definition) is 1. The Morgan fingerprint density at radius 2 is 2.05 bits per heavy atom. The van der Waals surface area contributed by atoms with E-state index in [9.17, 15) is 0 Å². The number of ether oxygens (including phenoxy) is 1. The third-order valence-corrected chi connectivity index (χ3v) is 3.00. The summed E-state index contributed by atoms with van der Waals surface area (Å²) in [5.74, 6) is 2.06. The molecule has 0 aliphatic heterocycles. The van der Waals surface area contributed by atoms with Gasteiger partial charge in [-0.3, -0.25) is 0 Å². The number of hydrogen-bond acceptors (Lipinski definition) is 3. The minimum Gasteiger partial charge on any atom is -0.481 e. The SMILES string of the molecule is COc1cccc(Nc2cccc(CCCCl)c2)n1. The predicted octanol–water partition coefficient (Wildman–Crippen LogP) is 4.01. The molecule has 0 unspecified atom stereocenters. The molecule has 0 aliphatic rings. The highest BCUT2D eigenvalue weighted by Gasteiger charge is 2.00. The summed E-state index contributed by atoms with van der Waals surface area (Å²) in [6.45, 7) is 0. The van der Waals surface area contributed by atoms with Gasteiger partial charge in [-0.05, 0) is 36.6 Å². The summed E-state index contributed by atoms with van der Waals surface area (Å²) in [4.78, 5) is 4.32. The van der Waals surface area contributed by atoms with Gasteiger partial charge in [0.1, 0.15) is 5.82 Å². The molecule has 0 saturated heterocycles. The van der Waals surface area contributed by atoms with Gasteiger partial charge in [0.2, 0.25) is 5.88 Å². The van der Waals surface area contributed by atoms with Crippen molar-refractivity contribution in [3.05, 3.63) is 48.0 Å². The summed E-state index contributed by atoms with van der Waals surface area (Å²) < 4.78 is 5.10. The lowest BCUT2D eigenvalue weighted by Gasteiger charge is -2.08. The number of benzene rings is 1. The average Bonchev–Trinajstić information content (AvgIpc) is 2.46. The standard InChI is InChI=1S/C15H17ClN2O/c1-19-15-9-3-8-14(18-15)17-13-7-2-5-12(11-13)6-4-10-16/h2-3,5,7-9,11H,4,6,10H2,1H3,(H,17,18). The second-order valence-electron chi connectivity index (χ2n) is 4.18. The first kappa shape index (κ1) is 13.7. The summed E-state index contributed by atoms with van der Waals surface area (Å²) in [5.41, 5.74) is 2.29. The van der Waals surface area contributed by atoms with Crippen LogP contribution in [-0.4, -0.2) is 18.0 Å². The second-order valence-corrected chi connectivity index (χ2v) is 4.56. The van der Waals surface area contributed by atoms with E-state index < -0.39 is 0 Å². The van der Waals surface area contributed by atoms with Gasteiger partial charge in [-0.25, -0.2) is 0 Å². The van der Waals surface area contributed by atoms with Crippen LogP contribution < -0.4 is 10.1 Å². The van der Waals surface area contributed by atoms with Gasteiger partial charge in [0.15, 0.2) is 0 Å². The molecule has 4 heteroatoms. The number of aryl methyl sites for hydroxylation is 1. The lowest BCUT2D eigenvalue weighted by atomic mass is 10.1. The van der Waals surface area contributed by atoms with E-state index in [1.807, 2.05) is 30.3 Å². The topological polar surface area (TPSA) is 34.1 Å². The third kappa shape index (κ3) is 4.14. The molecule has 100 valence electrons. The van der Waals surface area contributed by atoms with E-state index in [2.05, 4.69) is 22.4 Å². The second kappa shape index (κ2) is 7.00. The number of alkyl halides is 1. The summed E-state index contributed by atoms with van der Waals surface area (Å²) in [6, 6.07) is 13.9. The molecule has 2 rings (SSSR count). The summed E-state index contributed by atoms with van der Waals surface area (Å²) in [6.07, 6.45) is 1.98. The Bertz CT molecular complexity index is 531. The molecule has 0 saturated carbocycles. The van der Waals surface area contributed by atoms with Gasteiger partial charge in [0, 0.05) is 17.6 Å². The largest absolute Gasteiger partial charge is 0.481 e. The van der Waals surface area contributed by atoms with Crippen LogP contribution in [0.4, 0.5) is 11.5 Å². The molecule has 1 N–H and O–H groups in total. The average molecular weight is 277 g/mol. The van der Waals surface area contributed by atoms with Crippen molar-refractivity contribution in [2.45, 2.75) is 12.8 Å². The Hall–Kier alpha value is -1.74. The van der Waals surface area contributed by atoms with Crippen LogP contribution in [-0.2, 0) is 6.42 Å². The molecule has 1 aromatic heterocycles. The monoisotopic (exact) mass is 276 g/mol. The Labute approximate surface area is 118 Å². The van der Waals surface area contributed by atoms with Crippen molar-refractivity contribution < 1.29 is 4.74 Å². The maximum Gasteiger partial charge on any atom is 0.214 e. The highest BCUT2D eigenvalue weighted by Crippen LogP contribution is 2.19. The van der Waals surface area contributed by atoms with Crippen LogP contribution in [0.3, 0.4) is 0 Å². The third-order valence-electron chi connectivity index (χ3n) is 2.73. The molecular weight excluding hydrogens is 260 g/mol. The molecule has 1 aromatic carbocycles. The first-order chi connectivity index (χ1) is 9.31. The van der Waals surface area contributed by atoms with Crippen molar-refractivity contribution >= 4 is 23.1 Å². The highest BCUT2D eigenvalue weighted by atomic mass is 35.5. The Balaban J connectivity index is 2.09. The van der Waals surface area contributed by atoms with Crippen LogP contribution in [0.15, 0.2) is 42.5 Å². The van der Waals surface area contributed by atoms with Crippen molar-refractivity contribution in [2.24, 2.45) is 0 Å². The van der Waals surface area contributed by atoms with Crippen molar-refractivity contribution in [3.8, 4) is 5.88 Å². The molecule has 1 heterocycles. The molecule has 3 nitrogen and oxygen atoms in total. The number of methoxy groups -OCH3 is 1. The molecule has 0 fully saturated rings. The van der Waals surface area contributed by atoms with Gasteiger partial charge in [-0.1, -0.05) is 18.2 Å². The Morgan fingerprint density at radius 3 is 2.84 bits per heavy atom. The van der Waals surface area contributed by atoms with E-state index >= 15 is 0 Å². The first-order valence-corrected chi connectivity index (χ1v) is 6.78. The summed E-state index contributed by atoms with van der Waals surface area (Å²) in [7, 11) is 1.61. The van der Waals surface area contributed by atoms with Crippen molar-refractivity contribution in [1.29, 1.82) is 0 Å². The molecule has 0 aliphatic carbocycles. The number of pyridine rings is 1. The maximum absolute atomic E-state index is 5.71. The highest BCUT2D eigenvalue weighted by molar-refractivity contribution is 6.17. The molecule has 0 bridgehead atoms. The van der Waals surface area contributed by atoms with Crippen molar-refractivity contribution in [2.75, 3.05) is 18.3 Å². The first-order valence-electron chi connectivity index (χ1n) is 6.25. The molecule has 2 aromatic rings. The van der Waals surface area contributed by atoms with Crippen LogP contribution >= 0.6 is 11.6 Å². The van der Waals surface area contributed by atoms with Gasteiger partial charge < -0.3 is 10.1 Å². The number of aromatic nitrogens is 1. The van der Waals surface area contributed by atoms with Gasteiger partial charge in [0.25, 0.3) is 0 Å². The number of anilines is 2. The van der Waals surface area contributed by atoms with E-state index in [4.69, 9.17) is 16.3 Å². The van der Waals surface area contributed by atoms with Crippen LogP contribution in [0.25, 0.3) is 0 Å². The zero-order valence-electron chi connectivity index (χ0n) is 10.9. The molecule has 19 heavy (non-hydrogen) atoms. The quantitative estimate of drug-likeness (QED) is 0.810. The number of nitrogens with zero attached hydrogens (tertiary/aromatic N) is 1. The van der Waals surface area contributed by atoms with Gasteiger partial charge in [-0.15, -0.1) is 11.6 Å². The van der Waals surface area contributed by atoms with E-state index in [-0.39, 0.29) is 0 Å². The zero-order chi connectivity index (χ0) is 13.5. The fraction of sp³-hybridized carbons (Fsp3) is 0.267. The lowest BCUT2D eigenvalue weighted by Crippen LogP contribution is -1.96. The minimum atomic E-state index is 0.600. The van der Waals surface area contributed by atoms with Crippen LogP contribution in [0.5, 0.6) is 5.88 Å². The maximum atomic E-state index is 5.71. The van der Waals surface area contributed by atoms with Gasteiger partial charge in [0.05, 0.1) is 7.11 Å². The lowest BCUT2D eigenvalue weighted by molar-refractivity contribution is 0.398. The summed E-state index contributed by atoms with van der Waals surface area (Å²) in [5, 5.41) is 3.27. The summed E-state index contributed by atoms with van der Waals surface area (Å²) >= 11 is 5.71. The smallest absolute Gasteiger partial charge is 0.214 e. The Morgan fingerprint density at radius 1 is 1.21 bits per heavy atom. The van der Waals surface area contributed by atoms with E-state index in [1.165, 1.54) is 5.56 Å². The van der Waals surface area contributed by atoms with Crippen molar-refractivity contribution in [3.63, 3.8) is 0 Å². The molecule has 0 radical (unpaired) electrons. The van der Waals surface area contributed by atoms with Gasteiger partial charge >= 0.3 is 0 Å². The number of nitrogens with one attached hydrogen (secondary N) is 1. The van der Waals surface area contributed by atoms with E-state index in [0.29, 0.717) is 11.8 Å². The predicted molar refractivity (Wildman–Crippen MR) is 79.6 cm³/mol. The minimum absolute atomic E-state index is 0.600. The fourth-order valence-corrected chi connectivity index (χ4v) is 1.96. The van der Waals surface area contributed by atoms with Crippen LogP contribution in [0, 0.1) is 0 Å². The van der Waals surface area contributed by atoms with Crippen molar-refractivity contribution in [1.82, 2.24) is 4.98 Å². The molecule has 0 atom stereocenters. The Kier molecular flexibility index (Phi) is 5.04. The van der Waals surface area contributed by atoms with Crippen LogP contribution in [0.2, 0.25) is 0 Å². The number of rotatable bonds is 6. The zero-order valence-corrected chi connectivity index (χ0v) is 11.7. The van der Waals surface area contributed by atoms with E-state index in [1.54, 1.807) is 7.11 Å². The molecule has 0 spiro atoms. The normalized spacial score (nSPS) is 10.2. The van der Waals surface area contributed by atoms with Gasteiger partial charge in [-0.2, -0.15) is 4.98 Å².